The number of nitrogens with zero attached hydrogens (tertiary/aromatic N) is 3. The maximum absolute atomic E-state index is 6.09. The van der Waals surface area contributed by atoms with Crippen LogP contribution in [-0.4, -0.2) is 35.6 Å². The lowest BCUT2D eigenvalue weighted by atomic mass is 10.3. The first-order valence-corrected chi connectivity index (χ1v) is 5.83. The summed E-state index contributed by atoms with van der Waals surface area (Å²) in [4.78, 5) is 2.27. The molecule has 1 aliphatic heterocycles. The molecule has 1 aliphatic rings. The van der Waals surface area contributed by atoms with E-state index in [1.807, 2.05) is 11.6 Å². The Morgan fingerprint density at radius 3 is 2.94 bits per heavy atom. The van der Waals surface area contributed by atoms with Crippen molar-refractivity contribution in [2.45, 2.75) is 33.4 Å². The fourth-order valence-electron chi connectivity index (χ4n) is 2.15. The summed E-state index contributed by atoms with van der Waals surface area (Å²) in [6.07, 6.45) is 0.258. The van der Waals surface area contributed by atoms with E-state index >= 15 is 0 Å². The summed E-state index contributed by atoms with van der Waals surface area (Å²) in [7, 11) is 0. The van der Waals surface area contributed by atoms with E-state index in [1.165, 1.54) is 0 Å². The zero-order valence-corrected chi connectivity index (χ0v) is 10.2. The lowest BCUT2D eigenvalue weighted by Gasteiger charge is -2.33. The topological polar surface area (TPSA) is 56.3 Å². The average Bonchev–Trinajstić information content (AvgIpc) is 2.55. The van der Waals surface area contributed by atoms with Gasteiger partial charge in [0.1, 0.15) is 0 Å². The van der Waals surface area contributed by atoms with Gasteiger partial charge < -0.3 is 15.4 Å². The summed E-state index contributed by atoms with van der Waals surface area (Å²) in [5.41, 5.74) is 7.80. The van der Waals surface area contributed by atoms with Gasteiger partial charge in [0.15, 0.2) is 5.82 Å². The molecule has 0 aliphatic carbocycles. The van der Waals surface area contributed by atoms with E-state index in [4.69, 9.17) is 10.5 Å². The van der Waals surface area contributed by atoms with Gasteiger partial charge in [-0.1, -0.05) is 0 Å². The normalized spacial score (nSPS) is 21.4. The second-order valence-corrected chi connectivity index (χ2v) is 4.27. The number of aromatic nitrogens is 2. The molecule has 0 spiro atoms. The molecular weight excluding hydrogens is 204 g/mol. The van der Waals surface area contributed by atoms with E-state index < -0.39 is 0 Å². The molecule has 1 fully saturated rings. The van der Waals surface area contributed by atoms with Crippen LogP contribution in [-0.2, 0) is 11.3 Å². The third-order valence-electron chi connectivity index (χ3n) is 2.99. The molecule has 16 heavy (non-hydrogen) atoms. The first-order chi connectivity index (χ1) is 7.63. The molecule has 2 heterocycles. The maximum atomic E-state index is 6.09. The molecule has 1 unspecified atom stereocenters. The minimum absolute atomic E-state index is 0.258. The molecule has 1 atom stereocenters. The van der Waals surface area contributed by atoms with Crippen LogP contribution < -0.4 is 10.6 Å². The number of ether oxygens (including phenoxy) is 1. The van der Waals surface area contributed by atoms with E-state index in [-0.39, 0.29) is 6.10 Å². The Kier molecular flexibility index (Phi) is 3.05. The molecule has 2 rings (SSSR count). The number of hydrogen-bond donors (Lipinski definition) is 1. The standard InChI is InChI=1S/C11H20N4O/c1-4-15-11(10(12)9(3)13-15)14-5-6-16-8(2)7-14/h8H,4-7,12H2,1-3H3. The van der Waals surface area contributed by atoms with Crippen molar-refractivity contribution in [3.8, 4) is 0 Å². The Morgan fingerprint density at radius 1 is 1.56 bits per heavy atom. The van der Waals surface area contributed by atoms with Gasteiger partial charge >= 0.3 is 0 Å². The molecule has 0 saturated carbocycles. The molecule has 0 aromatic carbocycles. The number of anilines is 2. The minimum atomic E-state index is 0.258. The summed E-state index contributed by atoms with van der Waals surface area (Å²) in [6, 6.07) is 0. The zero-order chi connectivity index (χ0) is 11.7. The second-order valence-electron chi connectivity index (χ2n) is 4.27. The molecule has 1 saturated heterocycles. The summed E-state index contributed by atoms with van der Waals surface area (Å²) in [5.74, 6) is 1.05. The van der Waals surface area contributed by atoms with Gasteiger partial charge in [-0.05, 0) is 20.8 Å². The second kappa shape index (κ2) is 4.33. The molecule has 0 radical (unpaired) electrons. The number of hydrogen-bond acceptors (Lipinski definition) is 4. The van der Waals surface area contributed by atoms with Crippen LogP contribution in [0.25, 0.3) is 0 Å². The summed E-state index contributed by atoms with van der Waals surface area (Å²) >= 11 is 0. The smallest absolute Gasteiger partial charge is 0.150 e. The Labute approximate surface area is 96.2 Å². The number of nitrogens with two attached hydrogens (primary N) is 1. The maximum Gasteiger partial charge on any atom is 0.150 e. The predicted molar refractivity (Wildman–Crippen MR) is 64.7 cm³/mol. The van der Waals surface area contributed by atoms with E-state index in [2.05, 4.69) is 23.8 Å². The quantitative estimate of drug-likeness (QED) is 0.815. The lowest BCUT2D eigenvalue weighted by Crippen LogP contribution is -2.42. The molecule has 0 amide bonds. The molecule has 90 valence electrons. The first kappa shape index (κ1) is 11.3. The number of rotatable bonds is 2. The van der Waals surface area contributed by atoms with Crippen LogP contribution in [0.3, 0.4) is 0 Å². The van der Waals surface area contributed by atoms with Gasteiger partial charge in [-0.15, -0.1) is 0 Å². The van der Waals surface area contributed by atoms with Crippen LogP contribution in [0.15, 0.2) is 0 Å². The third-order valence-corrected chi connectivity index (χ3v) is 2.99. The average molecular weight is 224 g/mol. The highest BCUT2D eigenvalue weighted by molar-refractivity contribution is 5.66. The van der Waals surface area contributed by atoms with Gasteiger partial charge in [-0.2, -0.15) is 5.10 Å². The fourth-order valence-corrected chi connectivity index (χ4v) is 2.15. The Balaban J connectivity index is 2.30. The summed E-state index contributed by atoms with van der Waals surface area (Å²) in [6.45, 7) is 9.50. The first-order valence-electron chi connectivity index (χ1n) is 5.83. The molecule has 1 aromatic rings. The van der Waals surface area contributed by atoms with Gasteiger partial charge in [0.05, 0.1) is 24.1 Å². The van der Waals surface area contributed by atoms with Gasteiger partial charge in [0, 0.05) is 19.6 Å². The van der Waals surface area contributed by atoms with Crippen LogP contribution in [0.2, 0.25) is 0 Å². The summed E-state index contributed by atoms with van der Waals surface area (Å²) < 4.78 is 7.51. The Hall–Kier alpha value is -1.23. The summed E-state index contributed by atoms with van der Waals surface area (Å²) in [5, 5.41) is 4.44. The van der Waals surface area contributed by atoms with Crippen molar-refractivity contribution in [3.05, 3.63) is 5.69 Å². The van der Waals surface area contributed by atoms with E-state index in [1.54, 1.807) is 0 Å². The third kappa shape index (κ3) is 1.87. The molecule has 0 bridgehead atoms. The highest BCUT2D eigenvalue weighted by atomic mass is 16.5. The van der Waals surface area contributed by atoms with E-state index in [0.717, 1.165) is 43.4 Å². The Morgan fingerprint density at radius 2 is 2.31 bits per heavy atom. The van der Waals surface area contributed by atoms with Crippen LogP contribution in [0.1, 0.15) is 19.5 Å². The molecule has 2 N–H and O–H groups in total. The minimum Gasteiger partial charge on any atom is -0.394 e. The predicted octanol–water partition coefficient (Wildman–Crippen LogP) is 1.02. The van der Waals surface area contributed by atoms with Crippen LogP contribution in [0.4, 0.5) is 11.5 Å². The molecule has 1 aromatic heterocycles. The zero-order valence-electron chi connectivity index (χ0n) is 10.2. The van der Waals surface area contributed by atoms with Gasteiger partial charge in [-0.25, -0.2) is 4.68 Å². The number of nitrogen functional groups attached to an aromatic ring is 1. The van der Waals surface area contributed by atoms with Gasteiger partial charge in [-0.3, -0.25) is 0 Å². The molecule has 5 heteroatoms. The van der Waals surface area contributed by atoms with Crippen LogP contribution in [0, 0.1) is 6.92 Å². The van der Waals surface area contributed by atoms with Crippen molar-refractivity contribution < 1.29 is 4.74 Å². The van der Waals surface area contributed by atoms with Crippen molar-refractivity contribution in [2.75, 3.05) is 30.3 Å². The van der Waals surface area contributed by atoms with Crippen molar-refractivity contribution in [1.82, 2.24) is 9.78 Å². The molecule has 5 nitrogen and oxygen atoms in total. The molecular formula is C11H20N4O. The Bertz CT molecular complexity index is 374. The largest absolute Gasteiger partial charge is 0.394 e. The van der Waals surface area contributed by atoms with Crippen molar-refractivity contribution in [3.63, 3.8) is 0 Å². The van der Waals surface area contributed by atoms with Crippen LogP contribution in [0.5, 0.6) is 0 Å². The lowest BCUT2D eigenvalue weighted by molar-refractivity contribution is 0.0527. The van der Waals surface area contributed by atoms with E-state index in [0.29, 0.717) is 0 Å². The number of aryl methyl sites for hydroxylation is 2. The van der Waals surface area contributed by atoms with Crippen molar-refractivity contribution in [2.24, 2.45) is 0 Å². The fraction of sp³-hybridized carbons (Fsp3) is 0.727. The highest BCUT2D eigenvalue weighted by Crippen LogP contribution is 2.27. The van der Waals surface area contributed by atoms with Crippen molar-refractivity contribution >= 4 is 11.5 Å². The SMILES string of the molecule is CCn1nc(C)c(N)c1N1CCOC(C)C1. The van der Waals surface area contributed by atoms with Crippen molar-refractivity contribution in [1.29, 1.82) is 0 Å². The highest BCUT2D eigenvalue weighted by Gasteiger charge is 2.23. The van der Waals surface area contributed by atoms with E-state index in [9.17, 15) is 0 Å². The van der Waals surface area contributed by atoms with Gasteiger partial charge in [0.2, 0.25) is 0 Å². The van der Waals surface area contributed by atoms with Crippen LogP contribution >= 0.6 is 0 Å². The number of morpholine rings is 1. The monoisotopic (exact) mass is 224 g/mol. The van der Waals surface area contributed by atoms with Gasteiger partial charge in [0.25, 0.3) is 0 Å².